The van der Waals surface area contributed by atoms with Crippen LogP contribution in [0.1, 0.15) is 27.7 Å². The summed E-state index contributed by atoms with van der Waals surface area (Å²) in [6.45, 7) is 8.38. The Kier molecular flexibility index (Phi) is 3.58. The monoisotopic (exact) mass is 295 g/mol. The van der Waals surface area contributed by atoms with Crippen LogP contribution in [0, 0.1) is 0 Å². The molecule has 0 N–H and O–H groups in total. The molecule has 0 saturated carbocycles. The molecule has 0 aromatic rings. The predicted octanol–water partition coefficient (Wildman–Crippen LogP) is 4.81. The van der Waals surface area contributed by atoms with Gasteiger partial charge in [0.15, 0.2) is 0 Å². The molecule has 75 valence electrons. The molecule has 1 aliphatic heterocycles. The van der Waals surface area contributed by atoms with Gasteiger partial charge in [0.25, 0.3) is 0 Å². The Hall–Kier alpha value is 1.36. The number of hydrogen-bond donors (Lipinski definition) is 0. The summed E-state index contributed by atoms with van der Waals surface area (Å²) in [5.74, 6) is 0. The molecule has 0 saturated heterocycles. The van der Waals surface area contributed by atoms with Gasteiger partial charge in [-0.25, -0.2) is 0 Å². The van der Waals surface area contributed by atoms with Gasteiger partial charge >= 0.3 is 96.9 Å². The molecular weight excluding hydrogens is 284 g/mol. The van der Waals surface area contributed by atoms with Crippen molar-refractivity contribution in [2.75, 3.05) is 0 Å². The van der Waals surface area contributed by atoms with E-state index >= 15 is 0 Å². The topological polar surface area (TPSA) is 0 Å². The SMILES string of the molecule is CC1=P[C](C)([V]([Cl])([Cl])[Cl])C(C)=C1C. The average Bonchev–Trinajstić information content (AvgIpc) is 2.15. The van der Waals surface area contributed by atoms with Gasteiger partial charge < -0.3 is 0 Å². The van der Waals surface area contributed by atoms with Crippen LogP contribution in [0.2, 0.25) is 0 Å². The summed E-state index contributed by atoms with van der Waals surface area (Å²) in [6, 6.07) is 0. The van der Waals surface area contributed by atoms with Gasteiger partial charge in [0.05, 0.1) is 0 Å². The van der Waals surface area contributed by atoms with E-state index in [1.54, 1.807) is 0 Å². The summed E-state index contributed by atoms with van der Waals surface area (Å²) in [6.07, 6.45) is 0. The first-order chi connectivity index (χ1) is 5.70. The maximum atomic E-state index is 6.15. The Morgan fingerprint density at radius 2 is 1.62 bits per heavy atom. The van der Waals surface area contributed by atoms with Crippen molar-refractivity contribution in [3.8, 4) is 0 Å². The standard InChI is InChI=1S/C8H12P.3ClH.V/c1-5-6(2)8(4)9-7(5)3;;;;/h1-4H3;3*1H;/q;;;;+3/p-3. The van der Waals surface area contributed by atoms with Crippen molar-refractivity contribution in [1.82, 2.24) is 0 Å². The molecule has 0 aliphatic carbocycles. The Balaban J connectivity index is 3.25. The molecule has 1 rings (SSSR count). The first-order valence-corrected chi connectivity index (χ1v) is 11.3. The molecule has 0 aromatic heterocycles. The van der Waals surface area contributed by atoms with Gasteiger partial charge in [-0.3, -0.25) is 0 Å². The van der Waals surface area contributed by atoms with E-state index in [4.69, 9.17) is 29.5 Å². The second-order valence-electron chi connectivity index (χ2n) is 3.41. The molecule has 0 radical (unpaired) electrons. The van der Waals surface area contributed by atoms with Crippen molar-refractivity contribution in [2.24, 2.45) is 0 Å². The van der Waals surface area contributed by atoms with Crippen LogP contribution in [0.3, 0.4) is 0 Å². The van der Waals surface area contributed by atoms with Crippen LogP contribution in [0.25, 0.3) is 0 Å². The number of halogens is 3. The van der Waals surface area contributed by atoms with Crippen LogP contribution in [0.5, 0.6) is 0 Å². The summed E-state index contributed by atoms with van der Waals surface area (Å²) in [5.41, 5.74) is 2.58. The van der Waals surface area contributed by atoms with Crippen molar-refractivity contribution in [3.63, 3.8) is 0 Å². The molecule has 1 unspecified atom stereocenters. The number of hydrogen-bond acceptors (Lipinski definition) is 0. The summed E-state index contributed by atoms with van der Waals surface area (Å²) in [4.78, 5) is 0. The summed E-state index contributed by atoms with van der Waals surface area (Å²) in [5, 5.41) is 1.34. The van der Waals surface area contributed by atoms with Gasteiger partial charge in [0, 0.05) is 0 Å². The first kappa shape index (κ1) is 12.4. The van der Waals surface area contributed by atoms with Crippen LogP contribution in [0.15, 0.2) is 11.1 Å². The van der Waals surface area contributed by atoms with Crippen LogP contribution in [-0.4, -0.2) is 9.16 Å². The zero-order chi connectivity index (χ0) is 10.4. The molecule has 1 heterocycles. The molecule has 0 spiro atoms. The fourth-order valence-electron chi connectivity index (χ4n) is 1.37. The minimum atomic E-state index is -3.01. The Morgan fingerprint density at radius 3 is 1.77 bits per heavy atom. The van der Waals surface area contributed by atoms with Crippen LogP contribution in [-0.2, 0) is 11.2 Å². The van der Waals surface area contributed by atoms with Gasteiger partial charge in [-0.05, 0) is 0 Å². The normalized spacial score (nSPS) is 30.8. The van der Waals surface area contributed by atoms with E-state index in [2.05, 4.69) is 27.7 Å². The molecule has 0 amide bonds. The molecule has 1 aliphatic rings. The summed E-state index contributed by atoms with van der Waals surface area (Å²) < 4.78 is -0.183. The van der Waals surface area contributed by atoms with Crippen molar-refractivity contribution >= 4 is 43.0 Å². The van der Waals surface area contributed by atoms with E-state index in [1.165, 1.54) is 24.6 Å². The van der Waals surface area contributed by atoms with E-state index in [-0.39, 0.29) is 3.87 Å². The first-order valence-electron chi connectivity index (χ1n) is 3.93. The third-order valence-electron chi connectivity index (χ3n) is 2.69. The average molecular weight is 296 g/mol. The zero-order valence-corrected chi connectivity index (χ0v) is 12.6. The van der Waals surface area contributed by atoms with Crippen molar-refractivity contribution in [3.05, 3.63) is 11.1 Å². The van der Waals surface area contributed by atoms with E-state index in [9.17, 15) is 0 Å². The second kappa shape index (κ2) is 3.74. The molecule has 0 aromatic carbocycles. The third-order valence-corrected chi connectivity index (χ3v) is 13.5. The van der Waals surface area contributed by atoms with Crippen molar-refractivity contribution < 1.29 is 11.2 Å². The summed E-state index contributed by atoms with van der Waals surface area (Å²) >= 11 is -3.01. The fraction of sp³-hybridized carbons (Fsp3) is 0.625. The molecule has 0 nitrogen and oxygen atoms in total. The van der Waals surface area contributed by atoms with Crippen molar-refractivity contribution in [2.45, 2.75) is 31.6 Å². The predicted molar refractivity (Wildman–Crippen MR) is 61.9 cm³/mol. The van der Waals surface area contributed by atoms with E-state index in [0.717, 1.165) is 0 Å². The van der Waals surface area contributed by atoms with Gasteiger partial charge in [0.2, 0.25) is 0 Å². The molecule has 5 heteroatoms. The second-order valence-corrected chi connectivity index (χ2v) is 17.0. The third kappa shape index (κ3) is 2.00. The van der Waals surface area contributed by atoms with E-state index in [0.29, 0.717) is 0 Å². The van der Waals surface area contributed by atoms with Crippen molar-refractivity contribution in [1.29, 1.82) is 0 Å². The Bertz CT molecular complexity index is 303. The van der Waals surface area contributed by atoms with Gasteiger partial charge in [-0.2, -0.15) is 0 Å². The quantitative estimate of drug-likeness (QED) is 0.609. The Morgan fingerprint density at radius 1 is 1.15 bits per heavy atom. The number of rotatable bonds is 1. The zero-order valence-electron chi connectivity index (χ0n) is 8.03. The molecule has 0 fully saturated rings. The molecule has 13 heavy (non-hydrogen) atoms. The van der Waals surface area contributed by atoms with Gasteiger partial charge in [0.1, 0.15) is 0 Å². The van der Waals surface area contributed by atoms with Crippen LogP contribution in [0.4, 0.5) is 0 Å². The Labute approximate surface area is 96.4 Å². The van der Waals surface area contributed by atoms with Gasteiger partial charge in [-0.15, -0.1) is 0 Å². The molecular formula is C8H12Cl3PV. The van der Waals surface area contributed by atoms with E-state index in [1.807, 2.05) is 0 Å². The van der Waals surface area contributed by atoms with Crippen LogP contribution >= 0.6 is 37.7 Å². The molecule has 1 atom stereocenters. The van der Waals surface area contributed by atoms with Crippen LogP contribution < -0.4 is 0 Å². The molecule has 0 bridgehead atoms. The minimum absolute atomic E-state index is 0.183. The number of allylic oxidation sites excluding steroid dienone is 2. The van der Waals surface area contributed by atoms with E-state index < -0.39 is 11.2 Å². The fourth-order valence-corrected chi connectivity index (χ4v) is 7.87. The maximum absolute atomic E-state index is 6.15. The van der Waals surface area contributed by atoms with Gasteiger partial charge in [-0.1, -0.05) is 0 Å². The summed E-state index contributed by atoms with van der Waals surface area (Å²) in [7, 11) is 19.7.